The quantitative estimate of drug-likeness (QED) is 0.582. The Balaban J connectivity index is 1.77. The van der Waals surface area contributed by atoms with Crippen molar-refractivity contribution in [3.8, 4) is 5.75 Å². The fourth-order valence-electron chi connectivity index (χ4n) is 3.07. The predicted octanol–water partition coefficient (Wildman–Crippen LogP) is 2.40. The molecule has 0 aromatic heterocycles. The molecular weight excluding hydrogens is 386 g/mol. The van der Waals surface area contributed by atoms with E-state index in [0.29, 0.717) is 24.3 Å². The monoisotopic (exact) mass is 405 g/mol. The van der Waals surface area contributed by atoms with Gasteiger partial charge >= 0.3 is 0 Å². The van der Waals surface area contributed by atoms with Crippen molar-refractivity contribution in [1.29, 1.82) is 0 Å². The first-order valence-corrected chi connectivity index (χ1v) is 9.98. The molecule has 3 rings (SSSR count). The molecule has 28 heavy (non-hydrogen) atoms. The zero-order valence-electron chi connectivity index (χ0n) is 15.1. The average Bonchev–Trinajstić information content (AvgIpc) is 3.19. The second-order valence-electron chi connectivity index (χ2n) is 6.24. The topological polar surface area (TPSA) is 119 Å². The highest BCUT2D eigenvalue weighted by Gasteiger charge is 2.39. The van der Waals surface area contributed by atoms with Crippen molar-refractivity contribution < 1.29 is 22.9 Å². The average molecular weight is 405 g/mol. The molecule has 2 aromatic carbocycles. The Hall–Kier alpha value is -2.98. The van der Waals surface area contributed by atoms with E-state index in [4.69, 9.17) is 4.74 Å². The molecule has 0 saturated carbocycles. The molecular formula is C18H19N3O6S. The lowest BCUT2D eigenvalue weighted by molar-refractivity contribution is -0.384. The maximum absolute atomic E-state index is 13.0. The Bertz CT molecular complexity index is 973. The van der Waals surface area contributed by atoms with E-state index in [9.17, 15) is 23.3 Å². The van der Waals surface area contributed by atoms with Gasteiger partial charge in [-0.1, -0.05) is 0 Å². The number of anilines is 1. The molecule has 1 fully saturated rings. The molecule has 0 aliphatic carbocycles. The van der Waals surface area contributed by atoms with Crippen LogP contribution < -0.4 is 10.1 Å². The second-order valence-corrected chi connectivity index (χ2v) is 8.13. The summed E-state index contributed by atoms with van der Waals surface area (Å²) in [6.45, 7) is 0.243. The van der Waals surface area contributed by atoms with Crippen LogP contribution in [0.5, 0.6) is 5.75 Å². The van der Waals surface area contributed by atoms with Crippen LogP contribution in [0.3, 0.4) is 0 Å². The number of nitro benzene ring substituents is 1. The van der Waals surface area contributed by atoms with Crippen LogP contribution in [0.25, 0.3) is 0 Å². The smallest absolute Gasteiger partial charge is 0.269 e. The Labute approximate surface area is 162 Å². The standard InChI is InChI=1S/C18H19N3O6S/c1-27-15-8-10-16(11-9-15)28(25,26)20-12-2-3-17(20)18(22)19-13-4-6-14(7-5-13)21(23)24/h4-11,17H,2-3,12H2,1H3,(H,19,22). The van der Waals surface area contributed by atoms with Gasteiger partial charge in [-0.2, -0.15) is 4.31 Å². The molecule has 1 atom stereocenters. The summed E-state index contributed by atoms with van der Waals surface area (Å²) in [6.07, 6.45) is 0.960. The van der Waals surface area contributed by atoms with Crippen molar-refractivity contribution in [3.05, 3.63) is 58.6 Å². The lowest BCUT2D eigenvalue weighted by atomic mass is 10.2. The molecule has 9 nitrogen and oxygen atoms in total. The number of nitrogens with zero attached hydrogens (tertiary/aromatic N) is 2. The molecule has 2 aromatic rings. The van der Waals surface area contributed by atoms with Crippen LogP contribution in [0, 0.1) is 10.1 Å². The number of carbonyl (C=O) groups is 1. The Kier molecular flexibility index (Phi) is 5.61. The maximum Gasteiger partial charge on any atom is 0.269 e. The molecule has 10 heteroatoms. The third-order valence-electron chi connectivity index (χ3n) is 4.52. The first kappa shape index (κ1) is 19.8. The fraction of sp³-hybridized carbons (Fsp3) is 0.278. The van der Waals surface area contributed by atoms with Crippen molar-refractivity contribution in [2.75, 3.05) is 19.0 Å². The first-order valence-electron chi connectivity index (χ1n) is 8.54. The number of hydrogen-bond donors (Lipinski definition) is 1. The minimum absolute atomic E-state index is 0.0864. The van der Waals surface area contributed by atoms with Crippen LogP contribution >= 0.6 is 0 Å². The number of nitrogens with one attached hydrogen (secondary N) is 1. The van der Waals surface area contributed by atoms with Gasteiger partial charge in [0, 0.05) is 24.4 Å². The molecule has 148 valence electrons. The second kappa shape index (κ2) is 7.95. The van der Waals surface area contributed by atoms with E-state index < -0.39 is 26.9 Å². The van der Waals surface area contributed by atoms with E-state index in [0.717, 1.165) is 0 Å². The Morgan fingerprint density at radius 3 is 2.39 bits per heavy atom. The fourth-order valence-corrected chi connectivity index (χ4v) is 4.72. The van der Waals surface area contributed by atoms with Gasteiger partial charge in [0.05, 0.1) is 16.9 Å². The number of benzene rings is 2. The summed E-state index contributed by atoms with van der Waals surface area (Å²) in [6, 6.07) is 10.5. The van der Waals surface area contributed by atoms with Crippen LogP contribution in [0.15, 0.2) is 53.4 Å². The Morgan fingerprint density at radius 1 is 1.18 bits per heavy atom. The number of non-ortho nitro benzene ring substituents is 1. The summed E-state index contributed by atoms with van der Waals surface area (Å²) >= 11 is 0. The minimum atomic E-state index is -3.84. The van der Waals surface area contributed by atoms with Gasteiger partial charge in [-0.15, -0.1) is 0 Å². The van der Waals surface area contributed by atoms with Gasteiger partial charge in [-0.05, 0) is 49.2 Å². The lowest BCUT2D eigenvalue weighted by Gasteiger charge is -2.23. The van der Waals surface area contributed by atoms with Gasteiger partial charge in [-0.3, -0.25) is 14.9 Å². The van der Waals surface area contributed by atoms with E-state index >= 15 is 0 Å². The normalized spacial score (nSPS) is 17.2. The number of hydrogen-bond acceptors (Lipinski definition) is 6. The third kappa shape index (κ3) is 3.97. The van der Waals surface area contributed by atoms with Crippen LogP contribution in [-0.2, 0) is 14.8 Å². The van der Waals surface area contributed by atoms with Crippen molar-refractivity contribution in [1.82, 2.24) is 4.31 Å². The summed E-state index contributed by atoms with van der Waals surface area (Å²) in [5.41, 5.74) is 0.270. The molecule has 0 bridgehead atoms. The summed E-state index contributed by atoms with van der Waals surface area (Å²) in [7, 11) is -2.35. The first-order chi connectivity index (χ1) is 13.3. The zero-order valence-corrected chi connectivity index (χ0v) is 15.9. The minimum Gasteiger partial charge on any atom is -0.497 e. The number of sulfonamides is 1. The molecule has 1 aliphatic heterocycles. The van der Waals surface area contributed by atoms with Crippen molar-refractivity contribution in [3.63, 3.8) is 0 Å². The van der Waals surface area contributed by atoms with Gasteiger partial charge in [0.2, 0.25) is 15.9 Å². The van der Waals surface area contributed by atoms with Crippen LogP contribution in [0.1, 0.15) is 12.8 Å². The molecule has 1 heterocycles. The van der Waals surface area contributed by atoms with Gasteiger partial charge in [0.1, 0.15) is 11.8 Å². The van der Waals surface area contributed by atoms with Gasteiger partial charge in [-0.25, -0.2) is 8.42 Å². The van der Waals surface area contributed by atoms with Gasteiger partial charge in [0.15, 0.2) is 0 Å². The molecule has 1 unspecified atom stereocenters. The zero-order chi connectivity index (χ0) is 20.3. The molecule has 1 N–H and O–H groups in total. The highest BCUT2D eigenvalue weighted by molar-refractivity contribution is 7.89. The molecule has 0 radical (unpaired) electrons. The summed E-state index contributed by atoms with van der Waals surface area (Å²) in [5.74, 6) is 0.0660. The summed E-state index contributed by atoms with van der Waals surface area (Å²) in [5, 5.41) is 13.3. The third-order valence-corrected chi connectivity index (χ3v) is 6.44. The van der Waals surface area contributed by atoms with Crippen molar-refractivity contribution >= 4 is 27.3 Å². The number of nitro groups is 1. The molecule has 1 amide bonds. The lowest BCUT2D eigenvalue weighted by Crippen LogP contribution is -2.43. The van der Waals surface area contributed by atoms with Crippen LogP contribution in [0.2, 0.25) is 0 Å². The Morgan fingerprint density at radius 2 is 1.82 bits per heavy atom. The summed E-state index contributed by atoms with van der Waals surface area (Å²) < 4.78 is 32.1. The van der Waals surface area contributed by atoms with E-state index in [1.807, 2.05) is 0 Å². The number of methoxy groups -OCH3 is 1. The van der Waals surface area contributed by atoms with Gasteiger partial charge in [0.25, 0.3) is 5.69 Å². The molecule has 1 aliphatic rings. The molecule has 1 saturated heterocycles. The van der Waals surface area contributed by atoms with E-state index in [1.165, 1.54) is 47.8 Å². The highest BCUT2D eigenvalue weighted by atomic mass is 32.2. The maximum atomic E-state index is 13.0. The van der Waals surface area contributed by atoms with E-state index in [2.05, 4.69) is 5.32 Å². The van der Waals surface area contributed by atoms with Crippen molar-refractivity contribution in [2.24, 2.45) is 0 Å². The number of carbonyl (C=O) groups excluding carboxylic acids is 1. The van der Waals surface area contributed by atoms with Gasteiger partial charge < -0.3 is 10.1 Å². The van der Waals surface area contributed by atoms with Crippen molar-refractivity contribution in [2.45, 2.75) is 23.8 Å². The molecule has 0 spiro atoms. The number of rotatable bonds is 6. The summed E-state index contributed by atoms with van der Waals surface area (Å²) in [4.78, 5) is 22.9. The largest absolute Gasteiger partial charge is 0.497 e. The van der Waals surface area contributed by atoms with E-state index in [-0.39, 0.29) is 17.1 Å². The number of ether oxygens (including phenoxy) is 1. The predicted molar refractivity (Wildman–Crippen MR) is 102 cm³/mol. The van der Waals surface area contributed by atoms with Crippen LogP contribution in [-0.4, -0.2) is 43.2 Å². The van der Waals surface area contributed by atoms with E-state index in [1.54, 1.807) is 12.1 Å². The SMILES string of the molecule is COc1ccc(S(=O)(=O)N2CCCC2C(=O)Nc2ccc([N+](=O)[O-])cc2)cc1. The van der Waals surface area contributed by atoms with Crippen LogP contribution in [0.4, 0.5) is 11.4 Å². The highest BCUT2D eigenvalue weighted by Crippen LogP contribution is 2.28. The number of amides is 1.